The first-order chi connectivity index (χ1) is 10.7. The van der Waals surface area contributed by atoms with E-state index in [9.17, 15) is 33.4 Å². The van der Waals surface area contributed by atoms with Crippen LogP contribution in [0.15, 0.2) is 42.5 Å². The van der Waals surface area contributed by atoms with E-state index in [2.05, 4.69) is 0 Å². The molecule has 0 aliphatic rings. The van der Waals surface area contributed by atoms with Crippen LogP contribution in [0, 0.1) is 20.2 Å². The van der Waals surface area contributed by atoms with E-state index in [1.165, 1.54) is 18.2 Å². The monoisotopic (exact) mass is 328 g/mol. The quantitative estimate of drug-likeness (QED) is 0.615. The minimum atomic E-state index is -4.76. The van der Waals surface area contributed by atoms with Gasteiger partial charge in [0.05, 0.1) is 15.4 Å². The average molecular weight is 328 g/mol. The molecule has 23 heavy (non-hydrogen) atoms. The zero-order valence-electron chi connectivity index (χ0n) is 11.1. The molecule has 2 aromatic carbocycles. The van der Waals surface area contributed by atoms with Crippen LogP contribution in [0.4, 0.5) is 24.5 Å². The van der Waals surface area contributed by atoms with Crippen LogP contribution in [0.25, 0.3) is 0 Å². The molecule has 0 unspecified atom stereocenters. The Morgan fingerprint density at radius 2 is 1.43 bits per heavy atom. The molecule has 0 bridgehead atoms. The number of hydrogen-bond donors (Lipinski definition) is 0. The van der Waals surface area contributed by atoms with Crippen molar-refractivity contribution >= 4 is 11.4 Å². The third-order valence-corrected chi connectivity index (χ3v) is 2.76. The Labute approximate surface area is 126 Å². The number of ether oxygens (including phenoxy) is 1. The van der Waals surface area contributed by atoms with E-state index >= 15 is 0 Å². The molecule has 0 N–H and O–H groups in total. The van der Waals surface area contributed by atoms with Gasteiger partial charge in [-0.2, -0.15) is 13.2 Å². The average Bonchev–Trinajstić information content (AvgIpc) is 2.46. The zero-order chi connectivity index (χ0) is 17.2. The highest BCUT2D eigenvalue weighted by Gasteiger charge is 2.33. The first-order valence-electron chi connectivity index (χ1n) is 5.97. The van der Waals surface area contributed by atoms with Gasteiger partial charge in [0, 0.05) is 12.1 Å². The number of benzene rings is 2. The summed E-state index contributed by atoms with van der Waals surface area (Å²) >= 11 is 0. The van der Waals surface area contributed by atoms with Crippen LogP contribution in [-0.2, 0) is 6.18 Å². The summed E-state index contributed by atoms with van der Waals surface area (Å²) in [6.07, 6.45) is -4.76. The van der Waals surface area contributed by atoms with E-state index in [-0.39, 0.29) is 5.75 Å². The molecule has 2 aromatic rings. The Hall–Kier alpha value is -3.17. The summed E-state index contributed by atoms with van der Waals surface area (Å²) in [5.41, 5.74) is -2.64. The fraction of sp³-hybridized carbons (Fsp3) is 0.0769. The fourth-order valence-electron chi connectivity index (χ4n) is 1.74. The zero-order valence-corrected chi connectivity index (χ0v) is 11.1. The van der Waals surface area contributed by atoms with Crippen LogP contribution in [0.5, 0.6) is 11.5 Å². The lowest BCUT2D eigenvalue weighted by Gasteiger charge is -2.10. The van der Waals surface area contributed by atoms with Crippen molar-refractivity contribution in [1.82, 2.24) is 0 Å². The fourth-order valence-corrected chi connectivity index (χ4v) is 1.74. The van der Waals surface area contributed by atoms with Crippen LogP contribution < -0.4 is 4.74 Å². The van der Waals surface area contributed by atoms with Crippen molar-refractivity contribution in [3.05, 3.63) is 68.3 Å². The first kappa shape index (κ1) is 16.2. The van der Waals surface area contributed by atoms with Gasteiger partial charge in [0.2, 0.25) is 11.5 Å². The van der Waals surface area contributed by atoms with Gasteiger partial charge in [-0.3, -0.25) is 20.2 Å². The molecule has 0 heterocycles. The predicted molar refractivity (Wildman–Crippen MR) is 71.3 cm³/mol. The number of nitro benzene ring substituents is 2. The molecule has 0 amide bonds. The second kappa shape index (κ2) is 5.91. The molecule has 2 rings (SSSR count). The SMILES string of the molecule is O=[N+]([O-])c1ccccc1Oc1ccc(C(F)(F)F)cc1[N+](=O)[O-]. The lowest BCUT2D eigenvalue weighted by Crippen LogP contribution is -2.06. The number of halogens is 3. The van der Waals surface area contributed by atoms with Crippen LogP contribution >= 0.6 is 0 Å². The second-order valence-corrected chi connectivity index (χ2v) is 4.26. The van der Waals surface area contributed by atoms with Gasteiger partial charge in [0.25, 0.3) is 0 Å². The van der Waals surface area contributed by atoms with Gasteiger partial charge in [0.1, 0.15) is 0 Å². The molecule has 0 aromatic heterocycles. The summed E-state index contributed by atoms with van der Waals surface area (Å²) in [5, 5.41) is 21.8. The lowest BCUT2D eigenvalue weighted by molar-refractivity contribution is -0.387. The molecular formula is C13H7F3N2O5. The summed E-state index contributed by atoms with van der Waals surface area (Å²) in [7, 11) is 0. The van der Waals surface area contributed by atoms with Gasteiger partial charge in [-0.1, -0.05) is 12.1 Å². The molecule has 0 aliphatic carbocycles. The summed E-state index contributed by atoms with van der Waals surface area (Å²) in [5.74, 6) is -0.849. The van der Waals surface area contributed by atoms with Crippen LogP contribution in [0.2, 0.25) is 0 Å². The Kier molecular flexibility index (Phi) is 4.16. The normalized spacial score (nSPS) is 11.1. The maximum atomic E-state index is 12.6. The third-order valence-electron chi connectivity index (χ3n) is 2.76. The smallest absolute Gasteiger partial charge is 0.416 e. The lowest BCUT2D eigenvalue weighted by atomic mass is 10.2. The van der Waals surface area contributed by atoms with Crippen molar-refractivity contribution in [2.45, 2.75) is 6.18 Å². The van der Waals surface area contributed by atoms with E-state index < -0.39 is 38.7 Å². The maximum absolute atomic E-state index is 12.6. The Morgan fingerprint density at radius 3 is 2.00 bits per heavy atom. The summed E-state index contributed by atoms with van der Waals surface area (Å²) < 4.78 is 42.9. The van der Waals surface area contributed by atoms with E-state index in [4.69, 9.17) is 4.74 Å². The van der Waals surface area contributed by atoms with Crippen molar-refractivity contribution in [3.8, 4) is 11.5 Å². The molecule has 0 atom stereocenters. The van der Waals surface area contributed by atoms with Crippen molar-refractivity contribution in [1.29, 1.82) is 0 Å². The maximum Gasteiger partial charge on any atom is 0.416 e. The number of nitrogens with zero attached hydrogens (tertiary/aromatic N) is 2. The Balaban J connectivity index is 2.49. The second-order valence-electron chi connectivity index (χ2n) is 4.26. The number of rotatable bonds is 4. The summed E-state index contributed by atoms with van der Waals surface area (Å²) in [4.78, 5) is 20.0. The molecule has 0 spiro atoms. The molecule has 0 fully saturated rings. The molecule has 10 heteroatoms. The van der Waals surface area contributed by atoms with Crippen LogP contribution in [0.3, 0.4) is 0 Å². The predicted octanol–water partition coefficient (Wildman–Crippen LogP) is 4.31. The van der Waals surface area contributed by atoms with Crippen molar-refractivity contribution < 1.29 is 27.8 Å². The van der Waals surface area contributed by atoms with E-state index in [1.54, 1.807) is 0 Å². The number of hydrogen-bond acceptors (Lipinski definition) is 5. The van der Waals surface area contributed by atoms with Crippen molar-refractivity contribution in [3.63, 3.8) is 0 Å². The largest absolute Gasteiger partial charge is 0.443 e. The molecule has 0 saturated heterocycles. The summed E-state index contributed by atoms with van der Waals surface area (Å²) in [6.45, 7) is 0. The van der Waals surface area contributed by atoms with Gasteiger partial charge in [-0.15, -0.1) is 0 Å². The molecule has 0 saturated carbocycles. The van der Waals surface area contributed by atoms with E-state index in [1.807, 2.05) is 0 Å². The highest BCUT2D eigenvalue weighted by Crippen LogP contribution is 2.39. The van der Waals surface area contributed by atoms with Gasteiger partial charge in [-0.25, -0.2) is 0 Å². The minimum absolute atomic E-state index is 0.310. The molecule has 7 nitrogen and oxygen atoms in total. The molecule has 0 aliphatic heterocycles. The number of alkyl halides is 3. The van der Waals surface area contributed by atoms with Gasteiger partial charge in [-0.05, 0) is 18.2 Å². The molecular weight excluding hydrogens is 321 g/mol. The topological polar surface area (TPSA) is 95.5 Å². The van der Waals surface area contributed by atoms with Crippen molar-refractivity contribution in [2.24, 2.45) is 0 Å². The highest BCUT2D eigenvalue weighted by atomic mass is 19.4. The Bertz CT molecular complexity index is 776. The van der Waals surface area contributed by atoms with E-state index in [0.717, 1.165) is 12.1 Å². The highest BCUT2D eigenvalue weighted by molar-refractivity contribution is 5.54. The van der Waals surface area contributed by atoms with Crippen LogP contribution in [-0.4, -0.2) is 9.85 Å². The Morgan fingerprint density at radius 1 is 0.870 bits per heavy atom. The first-order valence-corrected chi connectivity index (χ1v) is 5.97. The van der Waals surface area contributed by atoms with Crippen molar-refractivity contribution in [2.75, 3.05) is 0 Å². The van der Waals surface area contributed by atoms with Crippen LogP contribution in [0.1, 0.15) is 5.56 Å². The van der Waals surface area contributed by atoms with Gasteiger partial charge >= 0.3 is 17.6 Å². The third kappa shape index (κ3) is 3.54. The van der Waals surface area contributed by atoms with E-state index in [0.29, 0.717) is 12.1 Å². The number of nitro groups is 2. The number of para-hydroxylation sites is 2. The van der Waals surface area contributed by atoms with Gasteiger partial charge in [0.15, 0.2) is 0 Å². The standard InChI is InChI=1S/C13H7F3N2O5/c14-13(15,16)8-5-6-12(10(7-8)18(21)22)23-11-4-2-1-3-9(11)17(19)20/h1-7H. The molecule has 120 valence electrons. The summed E-state index contributed by atoms with van der Waals surface area (Å²) in [6, 6.07) is 6.67. The minimum Gasteiger partial charge on any atom is -0.443 e. The van der Waals surface area contributed by atoms with Gasteiger partial charge < -0.3 is 4.74 Å². The molecule has 0 radical (unpaired) electrons.